The third kappa shape index (κ3) is 8.95. The number of hydrogen-bond acceptors (Lipinski definition) is 4. The van der Waals surface area contributed by atoms with Gasteiger partial charge in [-0.1, -0.05) is 133 Å². The predicted molar refractivity (Wildman–Crippen MR) is 196 cm³/mol. The molecule has 2 aromatic carbocycles. The first kappa shape index (κ1) is 37.3. The average molecular weight is 647 g/mol. The highest BCUT2D eigenvalue weighted by molar-refractivity contribution is 5.72. The molecule has 2 aromatic rings. The van der Waals surface area contributed by atoms with E-state index in [-0.39, 0.29) is 51.5 Å². The van der Waals surface area contributed by atoms with E-state index in [2.05, 4.69) is 107 Å². The zero-order valence-corrected chi connectivity index (χ0v) is 31.9. The van der Waals surface area contributed by atoms with Gasteiger partial charge >= 0.3 is 5.97 Å². The summed E-state index contributed by atoms with van der Waals surface area (Å²) in [5.41, 5.74) is 5.58. The molecule has 4 nitrogen and oxygen atoms in total. The van der Waals surface area contributed by atoms with Crippen LogP contribution in [-0.2, 0) is 44.0 Å². The zero-order chi connectivity index (χ0) is 35.1. The summed E-state index contributed by atoms with van der Waals surface area (Å²) in [5, 5.41) is 22.8. The molecule has 0 heterocycles. The van der Waals surface area contributed by atoms with Crippen LogP contribution in [0.4, 0.5) is 0 Å². The minimum absolute atomic E-state index is 0.000431. The Labute approximate surface area is 287 Å². The predicted octanol–water partition coefficient (Wildman–Crippen LogP) is 11.0. The van der Waals surface area contributed by atoms with Crippen molar-refractivity contribution in [1.82, 2.24) is 0 Å². The minimum Gasteiger partial charge on any atom is -0.507 e. The molecule has 2 atom stereocenters. The van der Waals surface area contributed by atoms with Crippen LogP contribution in [0.3, 0.4) is 0 Å². The van der Waals surface area contributed by atoms with E-state index in [0.717, 1.165) is 80.0 Å². The van der Waals surface area contributed by atoms with Crippen molar-refractivity contribution in [3.05, 3.63) is 57.6 Å². The molecule has 0 aromatic heterocycles. The molecule has 2 aliphatic carbocycles. The summed E-state index contributed by atoms with van der Waals surface area (Å²) >= 11 is 0. The minimum atomic E-state index is -0.198. The lowest BCUT2D eigenvalue weighted by Crippen LogP contribution is -2.41. The molecule has 4 heteroatoms. The van der Waals surface area contributed by atoms with Crippen LogP contribution in [0.5, 0.6) is 11.5 Å². The summed E-state index contributed by atoms with van der Waals surface area (Å²) in [4.78, 5) is 13.8. The van der Waals surface area contributed by atoms with Crippen LogP contribution in [0.15, 0.2) is 24.3 Å². The smallest absolute Gasteiger partial charge is 0.309 e. The summed E-state index contributed by atoms with van der Waals surface area (Å²) < 4.78 is 6.70. The van der Waals surface area contributed by atoms with Gasteiger partial charge in [0, 0.05) is 11.8 Å². The third-order valence-corrected chi connectivity index (χ3v) is 10.8. The Hall–Kier alpha value is -2.49. The molecule has 0 bridgehead atoms. The van der Waals surface area contributed by atoms with Crippen LogP contribution >= 0.6 is 0 Å². The molecule has 0 amide bonds. The number of carbonyl (C=O) groups excluding carboxylic acids is 1. The fourth-order valence-corrected chi connectivity index (χ4v) is 8.07. The highest BCUT2D eigenvalue weighted by atomic mass is 16.5. The SMILES string of the molecule is CC(C)(C)c1cc(CC2CCCC(Cc3cc(C(C)(C)C)c(O)c(C(C)(C)C)c3)C2OC(=O)C2CCCCC2)cc(C(C)(C)C)c1O. The van der Waals surface area contributed by atoms with Crippen LogP contribution < -0.4 is 0 Å². The molecule has 4 rings (SSSR count). The van der Waals surface area contributed by atoms with Crippen LogP contribution in [0, 0.1) is 17.8 Å². The van der Waals surface area contributed by atoms with Crippen LogP contribution in [0.25, 0.3) is 0 Å². The Morgan fingerprint density at radius 1 is 0.574 bits per heavy atom. The van der Waals surface area contributed by atoms with E-state index in [1.54, 1.807) is 0 Å². The normalized spacial score (nSPS) is 21.9. The van der Waals surface area contributed by atoms with E-state index in [9.17, 15) is 15.0 Å². The number of rotatable bonds is 6. The molecule has 2 unspecified atom stereocenters. The van der Waals surface area contributed by atoms with E-state index >= 15 is 0 Å². The van der Waals surface area contributed by atoms with Gasteiger partial charge in [-0.05, 0) is 93.6 Å². The Balaban J connectivity index is 1.76. The van der Waals surface area contributed by atoms with Crippen molar-refractivity contribution in [2.45, 2.75) is 175 Å². The zero-order valence-electron chi connectivity index (χ0n) is 31.9. The van der Waals surface area contributed by atoms with Crippen LogP contribution in [0.1, 0.15) is 168 Å². The molecule has 0 radical (unpaired) electrons. The summed E-state index contributed by atoms with van der Waals surface area (Å²) in [7, 11) is 0. The quantitative estimate of drug-likeness (QED) is 0.307. The van der Waals surface area contributed by atoms with Gasteiger partial charge in [0.1, 0.15) is 17.6 Å². The van der Waals surface area contributed by atoms with Gasteiger partial charge in [0.15, 0.2) is 0 Å². The first-order chi connectivity index (χ1) is 21.6. The van der Waals surface area contributed by atoms with Gasteiger partial charge in [0.25, 0.3) is 0 Å². The van der Waals surface area contributed by atoms with Crippen molar-refractivity contribution in [2.75, 3.05) is 0 Å². The molecule has 2 saturated carbocycles. The molecule has 0 spiro atoms. The molecule has 0 saturated heterocycles. The number of carbonyl (C=O) groups is 1. The van der Waals surface area contributed by atoms with E-state index in [1.165, 1.54) is 17.5 Å². The van der Waals surface area contributed by atoms with Crippen molar-refractivity contribution >= 4 is 5.97 Å². The van der Waals surface area contributed by atoms with E-state index < -0.39 is 0 Å². The number of hydrogen-bond donors (Lipinski definition) is 2. The first-order valence-corrected chi connectivity index (χ1v) is 18.5. The lowest BCUT2D eigenvalue weighted by atomic mass is 9.71. The standard InChI is InChI=1S/C43H66O4/c1-40(2,3)32-23-27(24-33(36(32)44)41(4,5)6)21-30-19-16-20-31(38(30)47-39(46)29-17-14-13-15-18-29)22-28-25-34(42(7,8)9)37(45)35(26-28)43(10,11)12/h23-26,29-31,38,44-45H,13-22H2,1-12H3. The van der Waals surface area contributed by atoms with E-state index in [4.69, 9.17) is 4.74 Å². The number of phenols is 2. The van der Waals surface area contributed by atoms with Gasteiger partial charge in [-0.2, -0.15) is 0 Å². The molecule has 47 heavy (non-hydrogen) atoms. The molecule has 262 valence electrons. The van der Waals surface area contributed by atoms with Crippen molar-refractivity contribution in [2.24, 2.45) is 17.8 Å². The number of ether oxygens (including phenoxy) is 1. The molecular formula is C43H66O4. The number of aromatic hydroxyl groups is 2. The summed E-state index contributed by atoms with van der Waals surface area (Å²) in [5.74, 6) is 1.23. The summed E-state index contributed by atoms with van der Waals surface area (Å²) in [6.45, 7) is 26.0. The lowest BCUT2D eigenvalue weighted by molar-refractivity contribution is -0.164. The van der Waals surface area contributed by atoms with Gasteiger partial charge in [0.05, 0.1) is 5.92 Å². The van der Waals surface area contributed by atoms with Gasteiger partial charge in [-0.15, -0.1) is 0 Å². The Morgan fingerprint density at radius 2 is 0.915 bits per heavy atom. The van der Waals surface area contributed by atoms with E-state index in [1.807, 2.05) is 0 Å². The second-order valence-electron chi connectivity index (χ2n) is 19.2. The van der Waals surface area contributed by atoms with Crippen molar-refractivity contribution in [1.29, 1.82) is 0 Å². The number of benzene rings is 2. The number of phenolic OH excluding ortho intramolecular Hbond substituents is 2. The number of esters is 1. The van der Waals surface area contributed by atoms with Crippen molar-refractivity contribution < 1.29 is 19.7 Å². The summed E-state index contributed by atoms with van der Waals surface area (Å²) in [6.07, 6.45) is 9.89. The Morgan fingerprint density at radius 3 is 1.23 bits per heavy atom. The molecule has 0 aliphatic heterocycles. The summed E-state index contributed by atoms with van der Waals surface area (Å²) in [6, 6.07) is 8.83. The highest BCUT2D eigenvalue weighted by Gasteiger charge is 2.39. The maximum Gasteiger partial charge on any atom is 0.309 e. The Bertz CT molecular complexity index is 1240. The second kappa shape index (κ2) is 13.8. The second-order valence-corrected chi connectivity index (χ2v) is 19.2. The first-order valence-electron chi connectivity index (χ1n) is 18.5. The van der Waals surface area contributed by atoms with Gasteiger partial charge in [0.2, 0.25) is 0 Å². The monoisotopic (exact) mass is 646 g/mol. The van der Waals surface area contributed by atoms with Crippen molar-refractivity contribution in [3.8, 4) is 11.5 Å². The fourth-order valence-electron chi connectivity index (χ4n) is 8.07. The third-order valence-electron chi connectivity index (χ3n) is 10.8. The van der Waals surface area contributed by atoms with Gasteiger partial charge < -0.3 is 14.9 Å². The lowest BCUT2D eigenvalue weighted by Gasteiger charge is -2.39. The molecule has 2 aliphatic rings. The Kier molecular flexibility index (Phi) is 11.0. The maximum atomic E-state index is 13.8. The topological polar surface area (TPSA) is 66.8 Å². The average Bonchev–Trinajstić information content (AvgIpc) is 2.94. The maximum absolute atomic E-state index is 13.8. The molecule has 2 fully saturated rings. The van der Waals surface area contributed by atoms with Gasteiger partial charge in [-0.25, -0.2) is 0 Å². The highest BCUT2D eigenvalue weighted by Crippen LogP contribution is 2.44. The van der Waals surface area contributed by atoms with Crippen molar-refractivity contribution in [3.63, 3.8) is 0 Å². The van der Waals surface area contributed by atoms with E-state index in [0.29, 0.717) is 11.5 Å². The van der Waals surface area contributed by atoms with Crippen LogP contribution in [-0.4, -0.2) is 22.3 Å². The molecule has 2 N–H and O–H groups in total. The largest absolute Gasteiger partial charge is 0.507 e. The van der Waals surface area contributed by atoms with Crippen LogP contribution in [0.2, 0.25) is 0 Å². The molecular weight excluding hydrogens is 580 g/mol. The fraction of sp³-hybridized carbons (Fsp3) is 0.698. The van der Waals surface area contributed by atoms with Gasteiger partial charge in [-0.3, -0.25) is 4.79 Å².